The summed E-state index contributed by atoms with van der Waals surface area (Å²) in [6.07, 6.45) is 5.63. The van der Waals surface area contributed by atoms with Crippen molar-refractivity contribution in [2.75, 3.05) is 26.7 Å². The molecule has 5 rings (SSSR count). The highest BCUT2D eigenvalue weighted by Gasteiger charge is 2.31. The van der Waals surface area contributed by atoms with Crippen LogP contribution in [-0.4, -0.2) is 63.5 Å². The number of likely N-dealkylation sites (tertiary alicyclic amines) is 1. The molecule has 2 aliphatic rings. The average Bonchev–Trinajstić information content (AvgIpc) is 3.38. The van der Waals surface area contributed by atoms with E-state index in [4.69, 9.17) is 4.74 Å². The lowest BCUT2D eigenvalue weighted by molar-refractivity contribution is 0.0699. The number of methoxy groups -OCH3 is 1. The lowest BCUT2D eigenvalue weighted by Gasteiger charge is -2.33. The monoisotopic (exact) mass is 445 g/mol. The van der Waals surface area contributed by atoms with Gasteiger partial charge < -0.3 is 14.5 Å². The third-order valence-corrected chi connectivity index (χ3v) is 6.70. The Hall–Kier alpha value is -3.68. The van der Waals surface area contributed by atoms with E-state index < -0.39 is 0 Å². The highest BCUT2D eigenvalue weighted by atomic mass is 16.5. The molecule has 1 N–H and O–H groups in total. The van der Waals surface area contributed by atoms with Crippen molar-refractivity contribution in [1.29, 1.82) is 0 Å². The fourth-order valence-corrected chi connectivity index (χ4v) is 4.80. The fourth-order valence-electron chi connectivity index (χ4n) is 4.80. The minimum absolute atomic E-state index is 0.0241. The second kappa shape index (κ2) is 9.05. The van der Waals surface area contributed by atoms with Crippen LogP contribution in [0, 0.1) is 0 Å². The number of pyridine rings is 1. The van der Waals surface area contributed by atoms with Gasteiger partial charge in [-0.15, -0.1) is 0 Å². The van der Waals surface area contributed by atoms with Gasteiger partial charge in [0.15, 0.2) is 0 Å². The van der Waals surface area contributed by atoms with E-state index in [-0.39, 0.29) is 17.7 Å². The number of carbonyl (C=O) groups excluding carboxylic acids is 2. The number of nitrogens with one attached hydrogen (secondary N) is 1. The normalized spacial score (nSPS) is 16.4. The number of hydrogen-bond acceptors (Lipinski definition) is 5. The number of rotatable bonds is 4. The molecule has 8 heteroatoms. The Morgan fingerprint density at radius 3 is 2.48 bits per heavy atom. The topological polar surface area (TPSA) is 91.4 Å². The molecule has 4 heterocycles. The first kappa shape index (κ1) is 21.2. The summed E-state index contributed by atoms with van der Waals surface area (Å²) in [5.41, 5.74) is 4.62. The van der Waals surface area contributed by atoms with Crippen molar-refractivity contribution in [1.82, 2.24) is 25.0 Å². The van der Waals surface area contributed by atoms with Crippen LogP contribution in [0.2, 0.25) is 0 Å². The number of aromatic nitrogens is 3. The van der Waals surface area contributed by atoms with Crippen LogP contribution in [0.25, 0.3) is 0 Å². The predicted octanol–water partition coefficient (Wildman–Crippen LogP) is 3.03. The Morgan fingerprint density at radius 2 is 1.76 bits per heavy atom. The SMILES string of the molecule is COc1ccc(C(=O)N2CCC(c3[nH]ncc3C(=O)N3CCc4ccccc4C3)CC2)cn1. The molecule has 2 aliphatic heterocycles. The van der Waals surface area contributed by atoms with Gasteiger partial charge in [0.05, 0.1) is 30.1 Å². The quantitative estimate of drug-likeness (QED) is 0.667. The van der Waals surface area contributed by atoms with E-state index in [1.807, 2.05) is 21.9 Å². The molecule has 8 nitrogen and oxygen atoms in total. The molecule has 33 heavy (non-hydrogen) atoms. The average molecular weight is 446 g/mol. The first-order chi connectivity index (χ1) is 16.1. The highest BCUT2D eigenvalue weighted by molar-refractivity contribution is 5.95. The Labute approximate surface area is 192 Å². The minimum Gasteiger partial charge on any atom is -0.481 e. The van der Waals surface area contributed by atoms with Gasteiger partial charge in [0.25, 0.3) is 11.8 Å². The maximum Gasteiger partial charge on any atom is 0.257 e. The molecule has 2 aromatic heterocycles. The Morgan fingerprint density at radius 1 is 0.970 bits per heavy atom. The molecule has 0 radical (unpaired) electrons. The van der Waals surface area contributed by atoms with Crippen molar-refractivity contribution in [3.8, 4) is 5.88 Å². The summed E-state index contributed by atoms with van der Waals surface area (Å²) in [5.74, 6) is 0.646. The van der Waals surface area contributed by atoms with Crippen LogP contribution in [0.5, 0.6) is 5.88 Å². The van der Waals surface area contributed by atoms with Gasteiger partial charge in [-0.05, 0) is 36.5 Å². The predicted molar refractivity (Wildman–Crippen MR) is 122 cm³/mol. The molecule has 0 spiro atoms. The van der Waals surface area contributed by atoms with Gasteiger partial charge in [-0.3, -0.25) is 14.7 Å². The lowest BCUT2D eigenvalue weighted by atomic mass is 9.90. The van der Waals surface area contributed by atoms with Crippen molar-refractivity contribution in [3.63, 3.8) is 0 Å². The fraction of sp³-hybridized carbons (Fsp3) is 0.360. The Bertz CT molecular complexity index is 1150. The summed E-state index contributed by atoms with van der Waals surface area (Å²) in [6, 6.07) is 11.7. The maximum absolute atomic E-state index is 13.3. The molecular formula is C25H27N5O3. The zero-order valence-corrected chi connectivity index (χ0v) is 18.7. The number of H-pyrrole nitrogens is 1. The van der Waals surface area contributed by atoms with Crippen LogP contribution in [0.4, 0.5) is 0 Å². The van der Waals surface area contributed by atoms with Gasteiger partial charge in [-0.25, -0.2) is 4.98 Å². The van der Waals surface area contributed by atoms with E-state index in [2.05, 4.69) is 27.3 Å². The van der Waals surface area contributed by atoms with Gasteiger partial charge >= 0.3 is 0 Å². The molecule has 1 aromatic carbocycles. The zero-order chi connectivity index (χ0) is 22.8. The number of benzene rings is 1. The van der Waals surface area contributed by atoms with Gasteiger partial charge in [-0.1, -0.05) is 24.3 Å². The number of fused-ring (bicyclic) bond motifs is 1. The number of piperidine rings is 1. The van der Waals surface area contributed by atoms with Crippen molar-refractivity contribution < 1.29 is 14.3 Å². The van der Waals surface area contributed by atoms with E-state index in [9.17, 15) is 9.59 Å². The molecule has 0 aliphatic carbocycles. The maximum atomic E-state index is 13.3. The summed E-state index contributed by atoms with van der Waals surface area (Å²) in [5, 5.41) is 7.28. The van der Waals surface area contributed by atoms with Crippen LogP contribution < -0.4 is 4.74 Å². The molecule has 2 amide bonds. The van der Waals surface area contributed by atoms with Crippen LogP contribution in [0.15, 0.2) is 48.8 Å². The Kier molecular flexibility index (Phi) is 5.81. The zero-order valence-electron chi connectivity index (χ0n) is 18.7. The van der Waals surface area contributed by atoms with E-state index in [0.29, 0.717) is 43.2 Å². The number of amides is 2. The molecule has 3 aromatic rings. The number of ether oxygens (including phenoxy) is 1. The summed E-state index contributed by atoms with van der Waals surface area (Å²) in [7, 11) is 1.55. The number of carbonyl (C=O) groups is 2. The molecule has 1 fully saturated rings. The van der Waals surface area contributed by atoms with E-state index in [1.54, 1.807) is 31.6 Å². The molecular weight excluding hydrogens is 418 g/mol. The molecule has 0 bridgehead atoms. The summed E-state index contributed by atoms with van der Waals surface area (Å²) in [4.78, 5) is 34.1. The van der Waals surface area contributed by atoms with Gasteiger partial charge in [-0.2, -0.15) is 5.10 Å². The van der Waals surface area contributed by atoms with E-state index >= 15 is 0 Å². The number of aromatic amines is 1. The number of nitrogens with zero attached hydrogens (tertiary/aromatic N) is 4. The smallest absolute Gasteiger partial charge is 0.257 e. The number of hydrogen-bond donors (Lipinski definition) is 1. The molecule has 0 unspecified atom stereocenters. The largest absolute Gasteiger partial charge is 0.481 e. The van der Waals surface area contributed by atoms with Gasteiger partial charge in [0.2, 0.25) is 5.88 Å². The van der Waals surface area contributed by atoms with Crippen LogP contribution >= 0.6 is 0 Å². The van der Waals surface area contributed by atoms with E-state index in [1.165, 1.54) is 11.1 Å². The summed E-state index contributed by atoms with van der Waals surface area (Å²) < 4.78 is 5.07. The first-order valence-corrected chi connectivity index (χ1v) is 11.3. The van der Waals surface area contributed by atoms with Crippen molar-refractivity contribution in [3.05, 3.63) is 76.7 Å². The summed E-state index contributed by atoms with van der Waals surface area (Å²) in [6.45, 7) is 2.59. The van der Waals surface area contributed by atoms with Crippen LogP contribution in [0.1, 0.15) is 56.3 Å². The van der Waals surface area contributed by atoms with Crippen molar-refractivity contribution in [2.45, 2.75) is 31.7 Å². The third kappa shape index (κ3) is 4.20. The molecule has 0 atom stereocenters. The standard InChI is InChI=1S/C25H27N5O3/c1-33-22-7-6-19(14-26-22)24(31)29-11-9-18(10-12-29)23-21(15-27-28-23)25(32)30-13-8-17-4-2-3-5-20(17)16-30/h2-7,14-15,18H,8-13,16H2,1H3,(H,27,28). The minimum atomic E-state index is -0.0310. The van der Waals surface area contributed by atoms with Gasteiger partial charge in [0, 0.05) is 44.4 Å². The highest BCUT2D eigenvalue weighted by Crippen LogP contribution is 2.31. The van der Waals surface area contributed by atoms with Crippen molar-refractivity contribution in [2.24, 2.45) is 0 Å². The molecule has 0 saturated carbocycles. The van der Waals surface area contributed by atoms with Crippen LogP contribution in [-0.2, 0) is 13.0 Å². The summed E-state index contributed by atoms with van der Waals surface area (Å²) >= 11 is 0. The Balaban J connectivity index is 1.24. The van der Waals surface area contributed by atoms with Gasteiger partial charge in [0.1, 0.15) is 0 Å². The van der Waals surface area contributed by atoms with Crippen molar-refractivity contribution >= 4 is 11.8 Å². The van der Waals surface area contributed by atoms with Crippen LogP contribution in [0.3, 0.4) is 0 Å². The molecule has 170 valence electrons. The lowest BCUT2D eigenvalue weighted by Crippen LogP contribution is -2.39. The molecule has 1 saturated heterocycles. The first-order valence-electron chi connectivity index (χ1n) is 11.3. The third-order valence-electron chi connectivity index (χ3n) is 6.70. The second-order valence-electron chi connectivity index (χ2n) is 8.60. The van der Waals surface area contributed by atoms with E-state index in [0.717, 1.165) is 25.0 Å². The second-order valence-corrected chi connectivity index (χ2v) is 8.60.